The lowest BCUT2D eigenvalue weighted by Crippen LogP contribution is -2.33. The van der Waals surface area contributed by atoms with E-state index in [0.29, 0.717) is 5.69 Å². The summed E-state index contributed by atoms with van der Waals surface area (Å²) in [6, 6.07) is 3.81. The molecular formula is C12H15N7. The summed E-state index contributed by atoms with van der Waals surface area (Å²) in [5.74, 6) is 0.993. The molecule has 0 radical (unpaired) electrons. The van der Waals surface area contributed by atoms with E-state index < -0.39 is 0 Å². The minimum atomic E-state index is 0.000220. The molecule has 2 aromatic heterocycles. The van der Waals surface area contributed by atoms with E-state index in [9.17, 15) is 0 Å². The first-order valence-corrected chi connectivity index (χ1v) is 6.11. The number of hydrogen-bond acceptors (Lipinski definition) is 5. The molecule has 19 heavy (non-hydrogen) atoms. The van der Waals surface area contributed by atoms with Gasteiger partial charge in [-0.25, -0.2) is 0 Å². The third kappa shape index (κ3) is 2.45. The second-order valence-electron chi connectivity index (χ2n) is 4.61. The zero-order valence-corrected chi connectivity index (χ0v) is 10.5. The van der Waals surface area contributed by atoms with Crippen molar-refractivity contribution in [3.8, 4) is 0 Å². The van der Waals surface area contributed by atoms with Crippen LogP contribution in [0, 0.1) is 5.41 Å². The van der Waals surface area contributed by atoms with Crippen LogP contribution in [0.15, 0.2) is 24.7 Å². The molecule has 0 amide bonds. The average molecular weight is 257 g/mol. The minimum absolute atomic E-state index is 0.000220. The molecule has 1 aliphatic heterocycles. The topological polar surface area (TPSA) is 96.7 Å². The molecule has 0 atom stereocenters. The minimum Gasteiger partial charge on any atom is -0.382 e. The summed E-state index contributed by atoms with van der Waals surface area (Å²) in [5, 5.41) is 15.4. The number of aromatic nitrogens is 4. The van der Waals surface area contributed by atoms with Crippen molar-refractivity contribution in [3.63, 3.8) is 0 Å². The van der Waals surface area contributed by atoms with Gasteiger partial charge in [-0.15, -0.1) is 10.2 Å². The molecule has 0 aromatic carbocycles. The Labute approximate surface area is 110 Å². The quantitative estimate of drug-likeness (QED) is 0.594. The Bertz CT molecular complexity index is 604. The van der Waals surface area contributed by atoms with E-state index >= 15 is 0 Å². The Hall–Kier alpha value is -2.28. The lowest BCUT2D eigenvalue weighted by atomic mass is 10.2. The SMILES string of the molecule is N=C(N)c1cc(CN2CCn3cnnc3C2)ccn1. The zero-order valence-electron chi connectivity index (χ0n) is 10.5. The largest absolute Gasteiger partial charge is 0.382 e. The zero-order chi connectivity index (χ0) is 13.2. The summed E-state index contributed by atoms with van der Waals surface area (Å²) in [6.45, 7) is 3.46. The molecule has 3 heterocycles. The number of nitrogens with one attached hydrogen (secondary N) is 1. The Balaban J connectivity index is 1.72. The summed E-state index contributed by atoms with van der Waals surface area (Å²) >= 11 is 0. The van der Waals surface area contributed by atoms with Crippen molar-refractivity contribution in [2.75, 3.05) is 6.54 Å². The first kappa shape index (κ1) is 11.8. The van der Waals surface area contributed by atoms with Gasteiger partial charge in [0.25, 0.3) is 0 Å². The first-order chi connectivity index (χ1) is 9.22. The molecular weight excluding hydrogens is 242 g/mol. The number of fused-ring (bicyclic) bond motifs is 1. The van der Waals surface area contributed by atoms with Gasteiger partial charge in [-0.3, -0.25) is 15.3 Å². The van der Waals surface area contributed by atoms with E-state index in [1.807, 2.05) is 12.1 Å². The van der Waals surface area contributed by atoms with Gasteiger partial charge in [0.1, 0.15) is 23.7 Å². The van der Waals surface area contributed by atoms with Gasteiger partial charge in [0.15, 0.2) is 0 Å². The maximum Gasteiger partial charge on any atom is 0.147 e. The van der Waals surface area contributed by atoms with Crippen LogP contribution in [0.1, 0.15) is 17.1 Å². The number of nitrogens with zero attached hydrogens (tertiary/aromatic N) is 5. The highest BCUT2D eigenvalue weighted by Gasteiger charge is 2.17. The van der Waals surface area contributed by atoms with Crippen LogP contribution in [0.2, 0.25) is 0 Å². The summed E-state index contributed by atoms with van der Waals surface area (Å²) in [4.78, 5) is 6.36. The molecule has 0 saturated carbocycles. The molecule has 0 fully saturated rings. The van der Waals surface area contributed by atoms with Crippen molar-refractivity contribution >= 4 is 5.84 Å². The first-order valence-electron chi connectivity index (χ1n) is 6.11. The second kappa shape index (κ2) is 4.77. The number of nitrogen functional groups attached to an aromatic ring is 1. The molecule has 0 unspecified atom stereocenters. The Morgan fingerprint density at radius 2 is 2.32 bits per heavy atom. The molecule has 0 saturated heterocycles. The highest BCUT2D eigenvalue weighted by atomic mass is 15.3. The highest BCUT2D eigenvalue weighted by molar-refractivity contribution is 5.93. The maximum atomic E-state index is 7.41. The summed E-state index contributed by atoms with van der Waals surface area (Å²) < 4.78 is 2.07. The van der Waals surface area contributed by atoms with Crippen molar-refractivity contribution in [3.05, 3.63) is 41.7 Å². The second-order valence-corrected chi connectivity index (χ2v) is 4.61. The molecule has 2 aromatic rings. The van der Waals surface area contributed by atoms with Gasteiger partial charge < -0.3 is 10.3 Å². The van der Waals surface area contributed by atoms with Gasteiger partial charge in [-0.2, -0.15) is 0 Å². The lowest BCUT2D eigenvalue weighted by Gasteiger charge is -2.26. The van der Waals surface area contributed by atoms with Gasteiger partial charge >= 0.3 is 0 Å². The number of amidine groups is 1. The van der Waals surface area contributed by atoms with Crippen LogP contribution >= 0.6 is 0 Å². The lowest BCUT2D eigenvalue weighted by molar-refractivity contribution is 0.208. The van der Waals surface area contributed by atoms with E-state index in [2.05, 4.69) is 24.6 Å². The van der Waals surface area contributed by atoms with Crippen LogP contribution in [-0.4, -0.2) is 37.0 Å². The molecule has 7 heteroatoms. The van der Waals surface area contributed by atoms with Gasteiger partial charge in [0.2, 0.25) is 0 Å². The van der Waals surface area contributed by atoms with Crippen molar-refractivity contribution in [2.45, 2.75) is 19.6 Å². The highest BCUT2D eigenvalue weighted by Crippen LogP contribution is 2.13. The molecule has 1 aliphatic rings. The Morgan fingerprint density at radius 3 is 3.16 bits per heavy atom. The van der Waals surface area contributed by atoms with E-state index in [1.165, 1.54) is 0 Å². The molecule has 3 N–H and O–H groups in total. The van der Waals surface area contributed by atoms with Crippen molar-refractivity contribution < 1.29 is 0 Å². The monoisotopic (exact) mass is 257 g/mol. The molecule has 0 aliphatic carbocycles. The van der Waals surface area contributed by atoms with E-state index in [1.54, 1.807) is 12.5 Å². The fourth-order valence-corrected chi connectivity index (χ4v) is 2.23. The molecule has 7 nitrogen and oxygen atoms in total. The number of hydrogen-bond donors (Lipinski definition) is 2. The van der Waals surface area contributed by atoms with E-state index in [0.717, 1.165) is 37.6 Å². The molecule has 0 spiro atoms. The maximum absolute atomic E-state index is 7.41. The summed E-state index contributed by atoms with van der Waals surface area (Å²) in [6.07, 6.45) is 3.46. The summed E-state index contributed by atoms with van der Waals surface area (Å²) in [5.41, 5.74) is 7.08. The Kier molecular flexibility index (Phi) is 2.96. The van der Waals surface area contributed by atoms with E-state index in [-0.39, 0.29) is 5.84 Å². The summed E-state index contributed by atoms with van der Waals surface area (Å²) in [7, 11) is 0. The molecule has 98 valence electrons. The van der Waals surface area contributed by atoms with Crippen molar-refractivity contribution in [1.82, 2.24) is 24.6 Å². The van der Waals surface area contributed by atoms with Crippen LogP contribution in [0.4, 0.5) is 0 Å². The normalized spacial score (nSPS) is 15.2. The third-order valence-corrected chi connectivity index (χ3v) is 3.22. The average Bonchev–Trinajstić information content (AvgIpc) is 2.86. The predicted molar refractivity (Wildman–Crippen MR) is 69.4 cm³/mol. The smallest absolute Gasteiger partial charge is 0.147 e. The van der Waals surface area contributed by atoms with Crippen molar-refractivity contribution in [2.24, 2.45) is 5.73 Å². The van der Waals surface area contributed by atoms with E-state index in [4.69, 9.17) is 11.1 Å². The van der Waals surface area contributed by atoms with Gasteiger partial charge in [-0.05, 0) is 17.7 Å². The van der Waals surface area contributed by atoms with Crippen LogP contribution < -0.4 is 5.73 Å². The van der Waals surface area contributed by atoms with Crippen LogP contribution in [0.25, 0.3) is 0 Å². The standard InChI is InChI=1S/C12H15N7/c13-12(14)10-5-9(1-2-15-10)6-18-3-4-19-8-16-17-11(19)7-18/h1-2,5,8H,3-4,6-7H2,(H3,13,14). The van der Waals surface area contributed by atoms with Crippen LogP contribution in [0.5, 0.6) is 0 Å². The van der Waals surface area contributed by atoms with Crippen LogP contribution in [-0.2, 0) is 19.6 Å². The van der Waals surface area contributed by atoms with Gasteiger partial charge in [-0.1, -0.05) is 0 Å². The number of nitrogens with two attached hydrogens (primary N) is 1. The number of pyridine rings is 1. The Morgan fingerprint density at radius 1 is 1.42 bits per heavy atom. The van der Waals surface area contributed by atoms with Gasteiger partial charge in [0.05, 0.1) is 6.54 Å². The molecule has 3 rings (SSSR count). The van der Waals surface area contributed by atoms with Crippen LogP contribution in [0.3, 0.4) is 0 Å². The third-order valence-electron chi connectivity index (χ3n) is 3.22. The predicted octanol–water partition coefficient (Wildman–Crippen LogP) is -0.0270. The fourth-order valence-electron chi connectivity index (χ4n) is 2.23. The molecule has 0 bridgehead atoms. The number of rotatable bonds is 3. The van der Waals surface area contributed by atoms with Gasteiger partial charge in [0, 0.05) is 25.8 Å². The van der Waals surface area contributed by atoms with Crippen molar-refractivity contribution in [1.29, 1.82) is 5.41 Å². The fraction of sp³-hybridized carbons (Fsp3) is 0.333.